The minimum atomic E-state index is 0.164. The van der Waals surface area contributed by atoms with Gasteiger partial charge >= 0.3 is 0 Å². The van der Waals surface area contributed by atoms with Gasteiger partial charge in [-0.3, -0.25) is 4.79 Å². The number of Topliss-reactive ketones (excluding diaryl/α,β-unsaturated/α-hetero) is 1. The second kappa shape index (κ2) is 6.93. The molecule has 0 amide bonds. The minimum Gasteiger partial charge on any atom is -0.496 e. The number of hydrogen-bond acceptors (Lipinski definition) is 3. The van der Waals surface area contributed by atoms with E-state index in [9.17, 15) is 4.79 Å². The van der Waals surface area contributed by atoms with Gasteiger partial charge in [0.15, 0.2) is 5.78 Å². The van der Waals surface area contributed by atoms with E-state index >= 15 is 0 Å². The molecule has 0 saturated heterocycles. The van der Waals surface area contributed by atoms with Crippen molar-refractivity contribution in [3.05, 3.63) is 59.7 Å². The summed E-state index contributed by atoms with van der Waals surface area (Å²) in [5.41, 5.74) is 2.83. The van der Waals surface area contributed by atoms with Crippen LogP contribution in [0.15, 0.2) is 48.5 Å². The Morgan fingerprint density at radius 1 is 1.10 bits per heavy atom. The van der Waals surface area contributed by atoms with Crippen LogP contribution in [0.4, 0.5) is 5.69 Å². The molecule has 110 valence electrons. The number of rotatable bonds is 6. The summed E-state index contributed by atoms with van der Waals surface area (Å²) in [7, 11) is 3.67. The van der Waals surface area contributed by atoms with E-state index in [4.69, 9.17) is 4.74 Å². The number of benzene rings is 2. The molecule has 0 aromatic heterocycles. The van der Waals surface area contributed by atoms with E-state index in [0.29, 0.717) is 13.0 Å². The molecule has 3 nitrogen and oxygen atoms in total. The van der Waals surface area contributed by atoms with Gasteiger partial charge in [0.05, 0.1) is 7.11 Å². The van der Waals surface area contributed by atoms with Gasteiger partial charge in [0.25, 0.3) is 0 Å². The molecular weight excluding hydrogens is 262 g/mol. The molecule has 21 heavy (non-hydrogen) atoms. The Labute approximate surface area is 126 Å². The van der Waals surface area contributed by atoms with E-state index in [-0.39, 0.29) is 5.78 Å². The molecule has 0 aliphatic carbocycles. The van der Waals surface area contributed by atoms with Crippen LogP contribution in [0.2, 0.25) is 0 Å². The van der Waals surface area contributed by atoms with Gasteiger partial charge in [0.1, 0.15) is 5.75 Å². The summed E-state index contributed by atoms with van der Waals surface area (Å²) in [6.07, 6.45) is 0.513. The van der Waals surface area contributed by atoms with Crippen molar-refractivity contribution in [2.24, 2.45) is 0 Å². The van der Waals surface area contributed by atoms with Crippen molar-refractivity contribution in [3.63, 3.8) is 0 Å². The monoisotopic (exact) mass is 283 g/mol. The normalized spacial score (nSPS) is 10.2. The van der Waals surface area contributed by atoms with Crippen LogP contribution in [-0.2, 0) is 6.54 Å². The highest BCUT2D eigenvalue weighted by atomic mass is 16.5. The molecule has 0 bridgehead atoms. The van der Waals surface area contributed by atoms with Crippen LogP contribution in [0, 0.1) is 0 Å². The summed E-state index contributed by atoms with van der Waals surface area (Å²) >= 11 is 0. The molecule has 2 aromatic rings. The van der Waals surface area contributed by atoms with Gasteiger partial charge in [-0.25, -0.2) is 0 Å². The highest BCUT2D eigenvalue weighted by Crippen LogP contribution is 2.25. The maximum absolute atomic E-state index is 12.1. The summed E-state index contributed by atoms with van der Waals surface area (Å²) in [5, 5.41) is 0. The number of nitrogens with zero attached hydrogens (tertiary/aromatic N) is 1. The van der Waals surface area contributed by atoms with Gasteiger partial charge in [-0.1, -0.05) is 37.3 Å². The third-order valence-corrected chi connectivity index (χ3v) is 3.54. The molecule has 0 atom stereocenters. The van der Waals surface area contributed by atoms with Gasteiger partial charge in [-0.15, -0.1) is 0 Å². The summed E-state index contributed by atoms with van der Waals surface area (Å²) in [6, 6.07) is 15.7. The van der Waals surface area contributed by atoms with E-state index in [0.717, 1.165) is 22.6 Å². The van der Waals surface area contributed by atoms with E-state index in [1.54, 1.807) is 7.11 Å². The minimum absolute atomic E-state index is 0.164. The van der Waals surface area contributed by atoms with Crippen molar-refractivity contribution in [1.29, 1.82) is 0 Å². The molecule has 0 unspecified atom stereocenters. The molecule has 3 heteroatoms. The van der Waals surface area contributed by atoms with Crippen molar-refractivity contribution < 1.29 is 9.53 Å². The van der Waals surface area contributed by atoms with Crippen molar-refractivity contribution in [1.82, 2.24) is 0 Å². The first kappa shape index (κ1) is 15.1. The Balaban J connectivity index is 2.28. The van der Waals surface area contributed by atoms with Gasteiger partial charge in [0.2, 0.25) is 0 Å². The zero-order valence-corrected chi connectivity index (χ0v) is 12.8. The molecule has 0 N–H and O–H groups in total. The number of anilines is 1. The standard InChI is InChI=1S/C18H21NO2/c1-4-17(20)15-10-6-7-11-16(15)19(2)13-14-9-5-8-12-18(14)21-3/h5-12H,4,13H2,1-3H3. The second-order valence-corrected chi connectivity index (χ2v) is 4.96. The third-order valence-electron chi connectivity index (χ3n) is 3.54. The number of ketones is 1. The fraction of sp³-hybridized carbons (Fsp3) is 0.278. The molecule has 0 heterocycles. The number of hydrogen-bond donors (Lipinski definition) is 0. The van der Waals surface area contributed by atoms with Gasteiger partial charge in [-0.2, -0.15) is 0 Å². The first-order chi connectivity index (χ1) is 10.2. The Hall–Kier alpha value is -2.29. The van der Waals surface area contributed by atoms with Crippen LogP contribution < -0.4 is 9.64 Å². The number of carbonyl (C=O) groups excluding carboxylic acids is 1. The Kier molecular flexibility index (Phi) is 4.99. The maximum Gasteiger partial charge on any atom is 0.164 e. The second-order valence-electron chi connectivity index (χ2n) is 4.96. The quantitative estimate of drug-likeness (QED) is 0.752. The highest BCUT2D eigenvalue weighted by molar-refractivity contribution is 6.01. The fourth-order valence-corrected chi connectivity index (χ4v) is 2.41. The lowest BCUT2D eigenvalue weighted by Crippen LogP contribution is -2.19. The van der Waals surface area contributed by atoms with Gasteiger partial charge < -0.3 is 9.64 Å². The predicted octanol–water partition coefficient (Wildman–Crippen LogP) is 3.92. The molecule has 0 aliphatic rings. The van der Waals surface area contributed by atoms with Crippen molar-refractivity contribution >= 4 is 11.5 Å². The Morgan fingerprint density at radius 3 is 2.48 bits per heavy atom. The average molecular weight is 283 g/mol. The zero-order chi connectivity index (χ0) is 15.2. The number of carbonyl (C=O) groups is 1. The molecule has 2 aromatic carbocycles. The van der Waals surface area contributed by atoms with Crippen LogP contribution in [0.5, 0.6) is 5.75 Å². The smallest absolute Gasteiger partial charge is 0.164 e. The number of para-hydroxylation sites is 2. The van der Waals surface area contributed by atoms with Crippen LogP contribution in [0.3, 0.4) is 0 Å². The molecule has 0 spiro atoms. The first-order valence-corrected chi connectivity index (χ1v) is 7.12. The van der Waals surface area contributed by atoms with E-state index in [2.05, 4.69) is 4.90 Å². The predicted molar refractivity (Wildman–Crippen MR) is 86.2 cm³/mol. The van der Waals surface area contributed by atoms with E-state index in [1.165, 1.54) is 0 Å². The lowest BCUT2D eigenvalue weighted by molar-refractivity contribution is 0.0988. The fourth-order valence-electron chi connectivity index (χ4n) is 2.41. The highest BCUT2D eigenvalue weighted by Gasteiger charge is 2.13. The lowest BCUT2D eigenvalue weighted by atomic mass is 10.1. The van der Waals surface area contributed by atoms with Crippen LogP contribution >= 0.6 is 0 Å². The van der Waals surface area contributed by atoms with Crippen LogP contribution in [-0.4, -0.2) is 19.9 Å². The first-order valence-electron chi connectivity index (χ1n) is 7.12. The van der Waals surface area contributed by atoms with E-state index in [1.807, 2.05) is 62.5 Å². The molecular formula is C18H21NO2. The molecule has 0 saturated carbocycles. The van der Waals surface area contributed by atoms with E-state index < -0.39 is 0 Å². The van der Waals surface area contributed by atoms with Gasteiger partial charge in [0, 0.05) is 36.8 Å². The summed E-state index contributed by atoms with van der Waals surface area (Å²) in [5.74, 6) is 1.03. The SMILES string of the molecule is CCC(=O)c1ccccc1N(C)Cc1ccccc1OC. The number of ether oxygens (including phenoxy) is 1. The van der Waals surface area contributed by atoms with Crippen molar-refractivity contribution in [2.45, 2.75) is 19.9 Å². The maximum atomic E-state index is 12.1. The Morgan fingerprint density at radius 2 is 1.76 bits per heavy atom. The van der Waals surface area contributed by atoms with Crippen LogP contribution in [0.1, 0.15) is 29.3 Å². The molecule has 0 radical (unpaired) electrons. The lowest BCUT2D eigenvalue weighted by Gasteiger charge is -2.23. The van der Waals surface area contributed by atoms with Crippen molar-refractivity contribution in [3.8, 4) is 5.75 Å². The Bertz CT molecular complexity index is 622. The summed E-state index contributed by atoms with van der Waals surface area (Å²) in [6.45, 7) is 2.58. The largest absolute Gasteiger partial charge is 0.496 e. The summed E-state index contributed by atoms with van der Waals surface area (Å²) < 4.78 is 5.39. The van der Waals surface area contributed by atoms with Crippen molar-refractivity contribution in [2.75, 3.05) is 19.1 Å². The average Bonchev–Trinajstić information content (AvgIpc) is 2.54. The molecule has 0 fully saturated rings. The van der Waals surface area contributed by atoms with Gasteiger partial charge in [-0.05, 0) is 18.2 Å². The zero-order valence-electron chi connectivity index (χ0n) is 12.8. The third kappa shape index (κ3) is 3.43. The topological polar surface area (TPSA) is 29.5 Å². The molecule has 2 rings (SSSR count). The molecule has 0 aliphatic heterocycles. The van der Waals surface area contributed by atoms with Crippen LogP contribution in [0.25, 0.3) is 0 Å². The number of methoxy groups -OCH3 is 1. The summed E-state index contributed by atoms with van der Waals surface area (Å²) in [4.78, 5) is 14.1.